The summed E-state index contributed by atoms with van der Waals surface area (Å²) in [7, 11) is 2.18. The monoisotopic (exact) mass is 327 g/mol. The summed E-state index contributed by atoms with van der Waals surface area (Å²) in [6.45, 7) is 4.57. The van der Waals surface area contributed by atoms with Crippen LogP contribution in [0.15, 0.2) is 47.3 Å². The largest absolute Gasteiger partial charge is 0.472 e. The highest BCUT2D eigenvalue weighted by Gasteiger charge is 2.22. The van der Waals surface area contributed by atoms with Gasteiger partial charge in [0.2, 0.25) is 0 Å². The first-order valence-electron chi connectivity index (χ1n) is 8.50. The molecule has 1 atom stereocenters. The maximum atomic E-state index is 12.1. The average Bonchev–Trinajstić information content (AvgIpc) is 3.10. The maximum Gasteiger partial charge on any atom is 0.258 e. The van der Waals surface area contributed by atoms with Crippen molar-refractivity contribution in [2.45, 2.75) is 25.8 Å². The van der Waals surface area contributed by atoms with Crippen molar-refractivity contribution in [3.05, 3.63) is 48.4 Å². The summed E-state index contributed by atoms with van der Waals surface area (Å²) in [6, 6.07) is 9.93. The number of likely N-dealkylation sites (tertiary alicyclic amines) is 1. The van der Waals surface area contributed by atoms with Crippen LogP contribution in [-0.4, -0.2) is 37.0 Å². The minimum absolute atomic E-state index is 0.163. The Morgan fingerprint density at radius 3 is 2.71 bits per heavy atom. The molecule has 0 saturated carbocycles. The van der Waals surface area contributed by atoms with Crippen molar-refractivity contribution >= 4 is 17.3 Å². The first-order chi connectivity index (χ1) is 11.6. The molecule has 1 aliphatic rings. The topological polar surface area (TPSA) is 57.5 Å². The van der Waals surface area contributed by atoms with Crippen molar-refractivity contribution in [2.75, 3.05) is 30.8 Å². The number of furan rings is 1. The molecule has 1 fully saturated rings. The van der Waals surface area contributed by atoms with Gasteiger partial charge in [0.25, 0.3) is 5.91 Å². The molecule has 5 nitrogen and oxygen atoms in total. The Morgan fingerprint density at radius 1 is 1.25 bits per heavy atom. The van der Waals surface area contributed by atoms with Gasteiger partial charge in [-0.2, -0.15) is 0 Å². The highest BCUT2D eigenvalue weighted by Crippen LogP contribution is 2.24. The Hall–Kier alpha value is -2.27. The highest BCUT2D eigenvalue weighted by molar-refractivity contribution is 6.04. The van der Waals surface area contributed by atoms with Crippen molar-refractivity contribution in [3.8, 4) is 0 Å². The lowest BCUT2D eigenvalue weighted by Gasteiger charge is -2.33. The van der Waals surface area contributed by atoms with E-state index in [0.29, 0.717) is 17.5 Å². The molecule has 0 aliphatic carbocycles. The third kappa shape index (κ3) is 4.17. The number of piperidine rings is 1. The molecule has 1 saturated heterocycles. The summed E-state index contributed by atoms with van der Waals surface area (Å²) < 4.78 is 4.95. The van der Waals surface area contributed by atoms with Crippen LogP contribution in [0.25, 0.3) is 0 Å². The van der Waals surface area contributed by atoms with Gasteiger partial charge in [-0.15, -0.1) is 0 Å². The molecule has 0 spiro atoms. The molecule has 5 heteroatoms. The van der Waals surface area contributed by atoms with E-state index in [1.165, 1.54) is 25.4 Å². The minimum Gasteiger partial charge on any atom is -0.472 e. The van der Waals surface area contributed by atoms with Crippen LogP contribution < -0.4 is 10.6 Å². The van der Waals surface area contributed by atoms with Gasteiger partial charge >= 0.3 is 0 Å². The zero-order chi connectivity index (χ0) is 16.9. The van der Waals surface area contributed by atoms with Crippen LogP contribution >= 0.6 is 0 Å². The normalized spacial score (nSPS) is 17.4. The molecule has 1 aromatic heterocycles. The minimum atomic E-state index is -0.163. The molecule has 0 radical (unpaired) electrons. The van der Waals surface area contributed by atoms with Crippen LogP contribution in [0.1, 0.15) is 30.1 Å². The van der Waals surface area contributed by atoms with Gasteiger partial charge in [0.1, 0.15) is 6.26 Å². The Bertz CT molecular complexity index is 661. The van der Waals surface area contributed by atoms with Gasteiger partial charge in [-0.05, 0) is 70.1 Å². The van der Waals surface area contributed by atoms with Gasteiger partial charge in [-0.3, -0.25) is 4.79 Å². The Labute approximate surface area is 143 Å². The van der Waals surface area contributed by atoms with Crippen molar-refractivity contribution in [1.29, 1.82) is 0 Å². The van der Waals surface area contributed by atoms with Gasteiger partial charge in [0.15, 0.2) is 0 Å². The Kier molecular flexibility index (Phi) is 5.20. The Balaban J connectivity index is 1.59. The molecule has 2 aromatic rings. The second kappa shape index (κ2) is 7.53. The van der Waals surface area contributed by atoms with E-state index < -0.39 is 0 Å². The fourth-order valence-corrected chi connectivity index (χ4v) is 3.19. The van der Waals surface area contributed by atoms with Gasteiger partial charge in [-0.1, -0.05) is 6.07 Å². The van der Waals surface area contributed by atoms with Gasteiger partial charge in [0, 0.05) is 17.4 Å². The summed E-state index contributed by atoms with van der Waals surface area (Å²) >= 11 is 0. The number of hydrogen-bond acceptors (Lipinski definition) is 4. The Morgan fingerprint density at radius 2 is 2.00 bits per heavy atom. The van der Waals surface area contributed by atoms with Crippen LogP contribution in [0.3, 0.4) is 0 Å². The van der Waals surface area contributed by atoms with Crippen LogP contribution in [0, 0.1) is 5.92 Å². The summed E-state index contributed by atoms with van der Waals surface area (Å²) in [6.07, 6.45) is 5.39. The van der Waals surface area contributed by atoms with E-state index in [1.54, 1.807) is 6.07 Å². The zero-order valence-electron chi connectivity index (χ0n) is 14.3. The lowest BCUT2D eigenvalue weighted by molar-refractivity contribution is 0.102. The van der Waals surface area contributed by atoms with Crippen molar-refractivity contribution < 1.29 is 9.21 Å². The number of amides is 1. The van der Waals surface area contributed by atoms with E-state index in [9.17, 15) is 4.79 Å². The molecule has 1 amide bonds. The smallest absolute Gasteiger partial charge is 0.258 e. The second-order valence-corrected chi connectivity index (χ2v) is 6.62. The molecule has 1 aromatic carbocycles. The molecule has 2 N–H and O–H groups in total. The summed E-state index contributed by atoms with van der Waals surface area (Å²) in [5, 5.41) is 6.48. The average molecular weight is 327 g/mol. The maximum absolute atomic E-state index is 12.1. The van der Waals surface area contributed by atoms with E-state index in [-0.39, 0.29) is 5.91 Å². The summed E-state index contributed by atoms with van der Waals surface area (Å²) in [5.74, 6) is 0.523. The fourth-order valence-electron chi connectivity index (χ4n) is 3.19. The molecule has 1 aliphatic heterocycles. The molecule has 3 rings (SSSR count). The van der Waals surface area contributed by atoms with E-state index in [4.69, 9.17) is 4.42 Å². The summed E-state index contributed by atoms with van der Waals surface area (Å²) in [5.41, 5.74) is 2.33. The molecular weight excluding hydrogens is 302 g/mol. The predicted octanol–water partition coefficient (Wildman–Crippen LogP) is 3.67. The van der Waals surface area contributed by atoms with Gasteiger partial charge in [0.05, 0.1) is 11.8 Å². The van der Waals surface area contributed by atoms with Crippen molar-refractivity contribution in [3.63, 3.8) is 0 Å². The number of benzene rings is 1. The quantitative estimate of drug-likeness (QED) is 0.880. The molecule has 0 bridgehead atoms. The molecule has 24 heavy (non-hydrogen) atoms. The molecule has 128 valence electrons. The first-order valence-corrected chi connectivity index (χ1v) is 8.50. The number of nitrogens with zero attached hydrogens (tertiary/aromatic N) is 1. The number of rotatable bonds is 5. The fraction of sp³-hybridized carbons (Fsp3) is 0.421. The number of carbonyl (C=O) groups excluding carboxylic acids is 1. The summed E-state index contributed by atoms with van der Waals surface area (Å²) in [4.78, 5) is 14.5. The van der Waals surface area contributed by atoms with Crippen LogP contribution in [-0.2, 0) is 0 Å². The predicted molar refractivity (Wildman–Crippen MR) is 96.4 cm³/mol. The van der Waals surface area contributed by atoms with E-state index in [0.717, 1.165) is 24.5 Å². The van der Waals surface area contributed by atoms with E-state index >= 15 is 0 Å². The number of nitrogens with one attached hydrogen (secondary N) is 2. The number of anilines is 2. The van der Waals surface area contributed by atoms with Crippen LogP contribution in [0.4, 0.5) is 11.4 Å². The lowest BCUT2D eigenvalue weighted by Crippen LogP contribution is -2.37. The third-order valence-electron chi connectivity index (χ3n) is 4.77. The SMILES string of the molecule is C[C@H](Nc1cccc(NC(=O)c2ccoc2)c1)C1CCN(C)CC1. The van der Waals surface area contributed by atoms with E-state index in [2.05, 4.69) is 29.5 Å². The van der Waals surface area contributed by atoms with E-state index in [1.807, 2.05) is 24.3 Å². The third-order valence-corrected chi connectivity index (χ3v) is 4.77. The molecule has 0 unspecified atom stereocenters. The van der Waals surface area contributed by atoms with Crippen molar-refractivity contribution in [2.24, 2.45) is 5.92 Å². The van der Waals surface area contributed by atoms with Crippen LogP contribution in [0.2, 0.25) is 0 Å². The van der Waals surface area contributed by atoms with Crippen molar-refractivity contribution in [1.82, 2.24) is 4.90 Å². The molecule has 2 heterocycles. The second-order valence-electron chi connectivity index (χ2n) is 6.62. The lowest BCUT2D eigenvalue weighted by atomic mass is 9.90. The van der Waals surface area contributed by atoms with Crippen LogP contribution in [0.5, 0.6) is 0 Å². The number of hydrogen-bond donors (Lipinski definition) is 2. The molecular formula is C19H25N3O2. The van der Waals surface area contributed by atoms with Gasteiger partial charge in [-0.25, -0.2) is 0 Å². The van der Waals surface area contributed by atoms with Gasteiger partial charge < -0.3 is 20.0 Å². The highest BCUT2D eigenvalue weighted by atomic mass is 16.3. The standard InChI is InChI=1S/C19H25N3O2/c1-14(15-6-9-22(2)10-7-15)20-17-4-3-5-18(12-17)21-19(23)16-8-11-24-13-16/h3-5,8,11-15,20H,6-7,9-10H2,1-2H3,(H,21,23)/t14-/m0/s1. The zero-order valence-corrected chi connectivity index (χ0v) is 14.3. The number of carbonyl (C=O) groups is 1. The first kappa shape index (κ1) is 16.6.